The second kappa shape index (κ2) is 6.81. The first-order valence-electron chi connectivity index (χ1n) is 6.36. The summed E-state index contributed by atoms with van der Waals surface area (Å²) in [4.78, 5) is 16.4. The number of thiazole rings is 1. The number of allylic oxidation sites excluding steroid dienone is 1. The Balaban J connectivity index is 1.97. The Hall–Kier alpha value is -2.47. The highest BCUT2D eigenvalue weighted by Crippen LogP contribution is 2.19. The summed E-state index contributed by atoms with van der Waals surface area (Å²) in [6.45, 7) is 3.66. The normalized spacial score (nSPS) is 11.8. The van der Waals surface area contributed by atoms with Gasteiger partial charge in [-0.2, -0.15) is 5.10 Å². The van der Waals surface area contributed by atoms with Crippen molar-refractivity contribution < 1.29 is 4.79 Å². The maximum absolute atomic E-state index is 11.9. The van der Waals surface area contributed by atoms with Crippen molar-refractivity contribution >= 4 is 34.7 Å². The Morgan fingerprint density at radius 3 is 2.71 bits per heavy atom. The van der Waals surface area contributed by atoms with Gasteiger partial charge >= 0.3 is 0 Å². The van der Waals surface area contributed by atoms with Crippen LogP contribution >= 0.6 is 11.3 Å². The maximum Gasteiger partial charge on any atom is 0.283 e. The van der Waals surface area contributed by atoms with Crippen molar-refractivity contribution in [3.05, 3.63) is 52.0 Å². The lowest BCUT2D eigenvalue weighted by molar-refractivity contribution is 0.0958. The Morgan fingerprint density at radius 2 is 2.10 bits per heavy atom. The number of nitrogens with one attached hydrogen (secondary N) is 1. The number of amides is 1. The summed E-state index contributed by atoms with van der Waals surface area (Å²) in [6.07, 6.45) is 3.58. The van der Waals surface area contributed by atoms with Crippen LogP contribution in [0.15, 0.2) is 41.0 Å². The molecule has 0 radical (unpaired) electrons. The number of nitrogens with two attached hydrogens (primary N) is 1. The summed E-state index contributed by atoms with van der Waals surface area (Å²) in [6, 6.07) is 9.90. The van der Waals surface area contributed by atoms with E-state index >= 15 is 0 Å². The summed E-state index contributed by atoms with van der Waals surface area (Å²) in [7, 11) is 0. The van der Waals surface area contributed by atoms with Gasteiger partial charge in [-0.3, -0.25) is 4.79 Å². The van der Waals surface area contributed by atoms with Gasteiger partial charge in [0.15, 0.2) is 5.13 Å². The third-order valence-electron chi connectivity index (χ3n) is 2.65. The van der Waals surface area contributed by atoms with Crippen LogP contribution in [0.4, 0.5) is 5.13 Å². The number of carbonyl (C=O) groups excluding carboxylic acids is 1. The average molecular weight is 300 g/mol. The molecule has 1 amide bonds. The molecule has 6 heteroatoms. The monoisotopic (exact) mass is 300 g/mol. The molecule has 0 fully saturated rings. The quantitative estimate of drug-likeness (QED) is 0.673. The SMILES string of the molecule is C/C(C=NNC(=O)c1sc(N)nc1C)=C\c1ccccc1. The molecule has 5 nitrogen and oxygen atoms in total. The van der Waals surface area contributed by atoms with Gasteiger partial charge in [0.05, 0.1) is 11.9 Å². The van der Waals surface area contributed by atoms with Crippen LogP contribution < -0.4 is 11.2 Å². The Kier molecular flexibility index (Phi) is 4.84. The third kappa shape index (κ3) is 4.25. The van der Waals surface area contributed by atoms with Crippen LogP contribution in [0, 0.1) is 6.92 Å². The molecular weight excluding hydrogens is 284 g/mol. The zero-order valence-corrected chi connectivity index (χ0v) is 12.6. The summed E-state index contributed by atoms with van der Waals surface area (Å²) in [5.74, 6) is -0.300. The molecule has 0 unspecified atom stereocenters. The van der Waals surface area contributed by atoms with Crippen LogP contribution in [0.25, 0.3) is 6.08 Å². The van der Waals surface area contributed by atoms with Gasteiger partial charge in [-0.25, -0.2) is 10.4 Å². The molecule has 108 valence electrons. The van der Waals surface area contributed by atoms with Crippen LogP contribution in [0.3, 0.4) is 0 Å². The number of benzene rings is 1. The number of aromatic nitrogens is 1. The molecule has 2 aromatic rings. The van der Waals surface area contributed by atoms with Crippen LogP contribution in [-0.4, -0.2) is 17.1 Å². The second-order valence-corrected chi connectivity index (χ2v) is 5.50. The van der Waals surface area contributed by atoms with Crippen molar-refractivity contribution in [2.24, 2.45) is 5.10 Å². The molecule has 0 atom stereocenters. The first-order chi connectivity index (χ1) is 10.1. The molecule has 0 aliphatic carbocycles. The number of nitrogens with zero attached hydrogens (tertiary/aromatic N) is 2. The van der Waals surface area contributed by atoms with E-state index in [1.54, 1.807) is 13.1 Å². The molecule has 3 N–H and O–H groups in total. The van der Waals surface area contributed by atoms with Crippen LogP contribution in [0.5, 0.6) is 0 Å². The number of carbonyl (C=O) groups is 1. The average Bonchev–Trinajstić information content (AvgIpc) is 2.79. The van der Waals surface area contributed by atoms with Gasteiger partial charge in [0.25, 0.3) is 5.91 Å². The zero-order valence-electron chi connectivity index (χ0n) is 11.8. The largest absolute Gasteiger partial charge is 0.375 e. The van der Waals surface area contributed by atoms with E-state index in [0.29, 0.717) is 15.7 Å². The van der Waals surface area contributed by atoms with E-state index in [9.17, 15) is 4.79 Å². The smallest absolute Gasteiger partial charge is 0.283 e. The lowest BCUT2D eigenvalue weighted by Crippen LogP contribution is -2.17. The van der Waals surface area contributed by atoms with Crippen LogP contribution in [0.1, 0.15) is 27.9 Å². The summed E-state index contributed by atoms with van der Waals surface area (Å²) in [5.41, 5.74) is 10.7. The van der Waals surface area contributed by atoms with Crippen molar-refractivity contribution in [2.45, 2.75) is 13.8 Å². The minimum absolute atomic E-state index is 0.300. The zero-order chi connectivity index (χ0) is 15.2. The van der Waals surface area contributed by atoms with Gasteiger partial charge < -0.3 is 5.73 Å². The van der Waals surface area contributed by atoms with Gasteiger partial charge in [0.1, 0.15) is 4.88 Å². The van der Waals surface area contributed by atoms with E-state index in [4.69, 9.17) is 5.73 Å². The van der Waals surface area contributed by atoms with Crippen molar-refractivity contribution in [1.82, 2.24) is 10.4 Å². The maximum atomic E-state index is 11.9. The highest BCUT2D eigenvalue weighted by atomic mass is 32.1. The molecule has 0 saturated heterocycles. The Bertz CT molecular complexity index is 689. The van der Waals surface area contributed by atoms with E-state index in [1.165, 1.54) is 0 Å². The molecule has 0 bridgehead atoms. The topological polar surface area (TPSA) is 80.4 Å². The van der Waals surface area contributed by atoms with Gasteiger partial charge in [-0.1, -0.05) is 47.7 Å². The Labute approximate surface area is 127 Å². The molecule has 0 spiro atoms. The molecule has 1 aromatic carbocycles. The number of aryl methyl sites for hydroxylation is 1. The molecule has 2 rings (SSSR count). The van der Waals surface area contributed by atoms with Gasteiger partial charge in [-0.05, 0) is 25.0 Å². The number of nitrogen functional groups attached to an aromatic ring is 1. The van der Waals surface area contributed by atoms with Crippen LogP contribution in [0.2, 0.25) is 0 Å². The molecule has 1 heterocycles. The van der Waals surface area contributed by atoms with Crippen LogP contribution in [-0.2, 0) is 0 Å². The standard InChI is InChI=1S/C15H16N4OS/c1-10(8-12-6-4-3-5-7-12)9-17-19-14(20)13-11(2)18-15(16)21-13/h3-9H,1-2H3,(H2,16,18)(H,19,20)/b10-8+,17-9?. The fourth-order valence-corrected chi connectivity index (χ4v) is 2.44. The van der Waals surface area contributed by atoms with E-state index in [1.807, 2.05) is 43.3 Å². The summed E-state index contributed by atoms with van der Waals surface area (Å²) >= 11 is 1.15. The number of anilines is 1. The number of rotatable bonds is 4. The first kappa shape index (κ1) is 14.9. The van der Waals surface area contributed by atoms with Gasteiger partial charge in [0, 0.05) is 0 Å². The van der Waals surface area contributed by atoms with Crippen molar-refractivity contribution in [3.8, 4) is 0 Å². The molecule has 21 heavy (non-hydrogen) atoms. The predicted molar refractivity (Wildman–Crippen MR) is 87.3 cm³/mol. The van der Waals surface area contributed by atoms with Crippen molar-refractivity contribution in [3.63, 3.8) is 0 Å². The highest BCUT2D eigenvalue weighted by Gasteiger charge is 2.12. The van der Waals surface area contributed by atoms with Gasteiger partial charge in [0.2, 0.25) is 0 Å². The fraction of sp³-hybridized carbons (Fsp3) is 0.133. The molecule has 0 aliphatic heterocycles. The lowest BCUT2D eigenvalue weighted by atomic mass is 10.1. The number of hydrazone groups is 1. The molecule has 0 saturated carbocycles. The Morgan fingerprint density at radius 1 is 1.38 bits per heavy atom. The minimum Gasteiger partial charge on any atom is -0.375 e. The number of hydrogen-bond donors (Lipinski definition) is 2. The fourth-order valence-electron chi connectivity index (χ4n) is 1.72. The minimum atomic E-state index is -0.300. The van der Waals surface area contributed by atoms with E-state index in [0.717, 1.165) is 22.5 Å². The lowest BCUT2D eigenvalue weighted by Gasteiger charge is -1.97. The summed E-state index contributed by atoms with van der Waals surface area (Å²) < 4.78 is 0. The molecule has 1 aromatic heterocycles. The highest BCUT2D eigenvalue weighted by molar-refractivity contribution is 7.17. The number of hydrogen-bond acceptors (Lipinski definition) is 5. The molecule has 0 aliphatic rings. The molecular formula is C15H16N4OS. The van der Waals surface area contributed by atoms with Gasteiger partial charge in [-0.15, -0.1) is 0 Å². The van der Waals surface area contributed by atoms with Crippen molar-refractivity contribution in [1.29, 1.82) is 0 Å². The van der Waals surface area contributed by atoms with E-state index in [2.05, 4.69) is 15.5 Å². The first-order valence-corrected chi connectivity index (χ1v) is 7.17. The van der Waals surface area contributed by atoms with E-state index < -0.39 is 0 Å². The summed E-state index contributed by atoms with van der Waals surface area (Å²) in [5, 5.41) is 4.32. The third-order valence-corrected chi connectivity index (χ3v) is 3.63. The van der Waals surface area contributed by atoms with Crippen molar-refractivity contribution in [2.75, 3.05) is 5.73 Å². The van der Waals surface area contributed by atoms with E-state index in [-0.39, 0.29) is 5.91 Å². The second-order valence-electron chi connectivity index (χ2n) is 4.46. The predicted octanol–water partition coefficient (Wildman–Crippen LogP) is 2.85.